The summed E-state index contributed by atoms with van der Waals surface area (Å²) in [6, 6.07) is 7.75. The first-order valence-electron chi connectivity index (χ1n) is 4.98. The quantitative estimate of drug-likeness (QED) is 0.807. The summed E-state index contributed by atoms with van der Waals surface area (Å²) >= 11 is 1.62. The Morgan fingerprint density at radius 3 is 2.80 bits per heavy atom. The molecule has 0 saturated carbocycles. The van der Waals surface area contributed by atoms with Crippen molar-refractivity contribution in [3.63, 3.8) is 0 Å². The van der Waals surface area contributed by atoms with Gasteiger partial charge in [0.05, 0.1) is 0 Å². The van der Waals surface area contributed by atoms with E-state index < -0.39 is 0 Å². The van der Waals surface area contributed by atoms with E-state index in [1.54, 1.807) is 11.3 Å². The van der Waals surface area contributed by atoms with Crippen LogP contribution in [0.4, 0.5) is 5.69 Å². The Hall–Kier alpha value is -1.42. The summed E-state index contributed by atoms with van der Waals surface area (Å²) in [5, 5.41) is 10.3. The molecular weight excluding hydrogens is 206 g/mol. The molecule has 0 unspecified atom stereocenters. The molecule has 0 spiro atoms. The Balaban J connectivity index is 2.33. The number of nitrogen functional groups attached to an aromatic ring is 1. The summed E-state index contributed by atoms with van der Waals surface area (Å²) in [6.07, 6.45) is 2.09. The van der Waals surface area contributed by atoms with E-state index >= 15 is 0 Å². The van der Waals surface area contributed by atoms with Crippen molar-refractivity contribution in [1.29, 1.82) is 0 Å². The summed E-state index contributed by atoms with van der Waals surface area (Å²) in [6.45, 7) is 2.14. The fourth-order valence-electron chi connectivity index (χ4n) is 1.37. The highest BCUT2D eigenvalue weighted by atomic mass is 32.1. The fraction of sp³-hybridized carbons (Fsp3) is 0.273. The minimum Gasteiger partial charge on any atom is -0.398 e. The van der Waals surface area contributed by atoms with E-state index in [4.69, 9.17) is 5.73 Å². The third-order valence-electron chi connectivity index (χ3n) is 2.12. The van der Waals surface area contributed by atoms with E-state index in [0.717, 1.165) is 34.1 Å². The minimum absolute atomic E-state index is 0.761. The highest BCUT2D eigenvalue weighted by molar-refractivity contribution is 7.14. The Morgan fingerprint density at radius 2 is 2.07 bits per heavy atom. The maximum atomic E-state index is 5.87. The zero-order valence-electron chi connectivity index (χ0n) is 8.60. The highest BCUT2D eigenvalue weighted by Gasteiger charge is 2.07. The summed E-state index contributed by atoms with van der Waals surface area (Å²) in [7, 11) is 0. The number of benzene rings is 1. The van der Waals surface area contributed by atoms with Crippen molar-refractivity contribution < 1.29 is 0 Å². The van der Waals surface area contributed by atoms with Crippen molar-refractivity contribution in [2.45, 2.75) is 19.8 Å². The smallest absolute Gasteiger partial charge is 0.149 e. The van der Waals surface area contributed by atoms with Gasteiger partial charge in [0, 0.05) is 17.7 Å². The van der Waals surface area contributed by atoms with E-state index in [1.165, 1.54) is 0 Å². The van der Waals surface area contributed by atoms with E-state index in [2.05, 4.69) is 17.1 Å². The van der Waals surface area contributed by atoms with Gasteiger partial charge in [-0.2, -0.15) is 0 Å². The molecule has 3 nitrogen and oxygen atoms in total. The Kier molecular flexibility index (Phi) is 2.97. The summed E-state index contributed by atoms with van der Waals surface area (Å²) in [5.41, 5.74) is 7.62. The Morgan fingerprint density at radius 1 is 1.27 bits per heavy atom. The van der Waals surface area contributed by atoms with Gasteiger partial charge in [-0.3, -0.25) is 0 Å². The molecule has 0 saturated heterocycles. The number of rotatable bonds is 3. The second-order valence-electron chi connectivity index (χ2n) is 3.34. The molecular formula is C11H13N3S. The number of aromatic nitrogens is 2. The number of hydrogen-bond acceptors (Lipinski definition) is 4. The van der Waals surface area contributed by atoms with Crippen molar-refractivity contribution in [3.8, 4) is 10.6 Å². The van der Waals surface area contributed by atoms with Gasteiger partial charge in [0.2, 0.25) is 0 Å². The molecule has 15 heavy (non-hydrogen) atoms. The summed E-state index contributed by atoms with van der Waals surface area (Å²) < 4.78 is 0. The van der Waals surface area contributed by atoms with Gasteiger partial charge in [0.25, 0.3) is 0 Å². The van der Waals surface area contributed by atoms with Crippen molar-refractivity contribution in [2.24, 2.45) is 0 Å². The van der Waals surface area contributed by atoms with Crippen LogP contribution < -0.4 is 5.73 Å². The summed E-state index contributed by atoms with van der Waals surface area (Å²) in [4.78, 5) is 0. The first-order valence-corrected chi connectivity index (χ1v) is 5.80. The van der Waals surface area contributed by atoms with Crippen molar-refractivity contribution in [1.82, 2.24) is 10.2 Å². The average Bonchev–Trinajstić information content (AvgIpc) is 2.68. The number of nitrogens with zero attached hydrogens (tertiary/aromatic N) is 2. The predicted octanol–water partition coefficient (Wildman–Crippen LogP) is 2.74. The van der Waals surface area contributed by atoms with E-state index in [9.17, 15) is 0 Å². The molecule has 0 amide bonds. The lowest BCUT2D eigenvalue weighted by Crippen LogP contribution is -1.88. The SMILES string of the molecule is CCCc1nnc(-c2ccccc2N)s1. The Bertz CT molecular complexity index is 451. The molecule has 2 N–H and O–H groups in total. The third-order valence-corrected chi connectivity index (χ3v) is 3.14. The second-order valence-corrected chi connectivity index (χ2v) is 4.40. The fourth-order valence-corrected chi connectivity index (χ4v) is 2.36. The van der Waals surface area contributed by atoms with Crippen LogP contribution in [0.2, 0.25) is 0 Å². The van der Waals surface area contributed by atoms with Crippen LogP contribution in [0.1, 0.15) is 18.4 Å². The molecule has 2 aromatic rings. The number of para-hydroxylation sites is 1. The van der Waals surface area contributed by atoms with Gasteiger partial charge in [-0.25, -0.2) is 0 Å². The van der Waals surface area contributed by atoms with Crippen LogP contribution in [0.5, 0.6) is 0 Å². The van der Waals surface area contributed by atoms with Crippen LogP contribution in [0.25, 0.3) is 10.6 Å². The molecule has 1 aromatic carbocycles. The van der Waals surface area contributed by atoms with Gasteiger partial charge < -0.3 is 5.73 Å². The summed E-state index contributed by atoms with van der Waals surface area (Å²) in [5.74, 6) is 0. The van der Waals surface area contributed by atoms with Gasteiger partial charge in [-0.1, -0.05) is 30.4 Å². The average molecular weight is 219 g/mol. The second kappa shape index (κ2) is 4.40. The van der Waals surface area contributed by atoms with Gasteiger partial charge >= 0.3 is 0 Å². The van der Waals surface area contributed by atoms with Crippen LogP contribution in [0.15, 0.2) is 24.3 Å². The first kappa shape index (κ1) is 10.1. The normalized spacial score (nSPS) is 10.5. The van der Waals surface area contributed by atoms with Crippen molar-refractivity contribution >= 4 is 17.0 Å². The largest absolute Gasteiger partial charge is 0.398 e. The molecule has 1 aromatic heterocycles. The van der Waals surface area contributed by atoms with Crippen LogP contribution >= 0.6 is 11.3 Å². The lowest BCUT2D eigenvalue weighted by atomic mass is 10.2. The topological polar surface area (TPSA) is 51.8 Å². The monoisotopic (exact) mass is 219 g/mol. The maximum Gasteiger partial charge on any atom is 0.149 e. The van der Waals surface area contributed by atoms with Gasteiger partial charge in [0.1, 0.15) is 10.0 Å². The molecule has 4 heteroatoms. The number of anilines is 1. The van der Waals surface area contributed by atoms with Crippen molar-refractivity contribution in [3.05, 3.63) is 29.3 Å². The zero-order valence-corrected chi connectivity index (χ0v) is 9.42. The van der Waals surface area contributed by atoms with Gasteiger partial charge in [-0.05, 0) is 18.6 Å². The van der Waals surface area contributed by atoms with E-state index in [0.29, 0.717) is 0 Å². The number of aryl methyl sites for hydroxylation is 1. The molecule has 2 rings (SSSR count). The minimum atomic E-state index is 0.761. The number of hydrogen-bond donors (Lipinski definition) is 1. The standard InChI is InChI=1S/C11H13N3S/c1-2-5-10-13-14-11(15-10)8-6-3-4-7-9(8)12/h3-4,6-7H,2,5,12H2,1H3. The molecule has 0 aliphatic carbocycles. The lowest BCUT2D eigenvalue weighted by molar-refractivity contribution is 0.879. The van der Waals surface area contributed by atoms with Gasteiger partial charge in [-0.15, -0.1) is 10.2 Å². The van der Waals surface area contributed by atoms with Gasteiger partial charge in [0.15, 0.2) is 0 Å². The molecule has 0 bridgehead atoms. The molecule has 0 aliphatic heterocycles. The predicted molar refractivity (Wildman–Crippen MR) is 63.8 cm³/mol. The first-order chi connectivity index (χ1) is 7.31. The molecule has 0 aliphatic rings. The van der Waals surface area contributed by atoms with E-state index in [-0.39, 0.29) is 0 Å². The third kappa shape index (κ3) is 2.15. The lowest BCUT2D eigenvalue weighted by Gasteiger charge is -1.98. The van der Waals surface area contributed by atoms with Crippen LogP contribution in [0, 0.1) is 0 Å². The van der Waals surface area contributed by atoms with Crippen molar-refractivity contribution in [2.75, 3.05) is 5.73 Å². The zero-order chi connectivity index (χ0) is 10.7. The van der Waals surface area contributed by atoms with Crippen LogP contribution in [-0.2, 0) is 6.42 Å². The molecule has 1 heterocycles. The molecule has 78 valence electrons. The number of nitrogens with two attached hydrogens (primary N) is 1. The highest BCUT2D eigenvalue weighted by Crippen LogP contribution is 2.28. The maximum absolute atomic E-state index is 5.87. The Labute approximate surface area is 93.0 Å². The molecule has 0 fully saturated rings. The van der Waals surface area contributed by atoms with Crippen LogP contribution in [-0.4, -0.2) is 10.2 Å². The molecule has 0 atom stereocenters. The van der Waals surface area contributed by atoms with Crippen LogP contribution in [0.3, 0.4) is 0 Å². The van der Waals surface area contributed by atoms with E-state index in [1.807, 2.05) is 24.3 Å². The molecule has 0 radical (unpaired) electrons.